The number of halogens is 3. The van der Waals surface area contributed by atoms with E-state index in [4.69, 9.17) is 40.5 Å². The van der Waals surface area contributed by atoms with Crippen LogP contribution >= 0.6 is 34.8 Å². The van der Waals surface area contributed by atoms with Gasteiger partial charge in [0.15, 0.2) is 0 Å². The first-order valence-corrected chi connectivity index (χ1v) is 5.57. The molecule has 0 fully saturated rings. The first kappa shape index (κ1) is 12.2. The molecule has 0 saturated heterocycles. The van der Waals surface area contributed by atoms with E-state index >= 15 is 0 Å². The number of hydrogen-bond acceptors (Lipinski definition) is 5. The van der Waals surface area contributed by atoms with Gasteiger partial charge in [0, 0.05) is 5.69 Å². The van der Waals surface area contributed by atoms with Crippen molar-refractivity contribution in [3.63, 3.8) is 0 Å². The fourth-order valence-electron chi connectivity index (χ4n) is 1.12. The normalized spacial score (nSPS) is 10.3. The molecule has 0 spiro atoms. The van der Waals surface area contributed by atoms with Crippen molar-refractivity contribution in [2.24, 2.45) is 0 Å². The number of hydrogen-bond donors (Lipinski definition) is 2. The van der Waals surface area contributed by atoms with Gasteiger partial charge in [0.25, 0.3) is 0 Å². The van der Waals surface area contributed by atoms with Crippen molar-refractivity contribution in [1.82, 2.24) is 15.0 Å². The summed E-state index contributed by atoms with van der Waals surface area (Å²) < 4.78 is 0. The van der Waals surface area contributed by atoms with Crippen LogP contribution in [0.5, 0.6) is 0 Å². The molecule has 1 aromatic heterocycles. The quantitative estimate of drug-likeness (QED) is 0.888. The molecule has 0 saturated carbocycles. The van der Waals surface area contributed by atoms with Crippen LogP contribution in [-0.4, -0.2) is 15.0 Å². The number of benzene rings is 1. The first-order valence-electron chi connectivity index (χ1n) is 4.44. The lowest BCUT2D eigenvalue weighted by molar-refractivity contribution is 1.07. The van der Waals surface area contributed by atoms with E-state index in [1.165, 1.54) is 0 Å². The molecule has 0 atom stereocenters. The van der Waals surface area contributed by atoms with E-state index in [2.05, 4.69) is 20.3 Å². The summed E-state index contributed by atoms with van der Waals surface area (Å²) in [6.45, 7) is 0. The van der Waals surface area contributed by atoms with E-state index in [0.717, 1.165) is 0 Å². The maximum absolute atomic E-state index is 5.87. The number of nitrogens with zero attached hydrogens (tertiary/aromatic N) is 3. The average Bonchev–Trinajstić information content (AvgIpc) is 2.22. The van der Waals surface area contributed by atoms with Gasteiger partial charge in [-0.2, -0.15) is 15.0 Å². The molecule has 0 amide bonds. The highest BCUT2D eigenvalue weighted by Crippen LogP contribution is 2.26. The summed E-state index contributed by atoms with van der Waals surface area (Å²) in [6.07, 6.45) is 0. The van der Waals surface area contributed by atoms with Crippen molar-refractivity contribution in [3.05, 3.63) is 33.5 Å². The van der Waals surface area contributed by atoms with Gasteiger partial charge >= 0.3 is 0 Å². The Balaban J connectivity index is 2.28. The minimum atomic E-state index is 0.0139. The van der Waals surface area contributed by atoms with Gasteiger partial charge in [0.2, 0.25) is 17.2 Å². The molecule has 0 aliphatic rings. The van der Waals surface area contributed by atoms with Crippen LogP contribution in [0.4, 0.5) is 17.6 Å². The van der Waals surface area contributed by atoms with E-state index in [-0.39, 0.29) is 17.2 Å². The molecule has 0 aliphatic carbocycles. The summed E-state index contributed by atoms with van der Waals surface area (Å²) in [5, 5.41) is 3.78. The Kier molecular flexibility index (Phi) is 3.51. The van der Waals surface area contributed by atoms with Crippen molar-refractivity contribution >= 4 is 52.4 Å². The van der Waals surface area contributed by atoms with Crippen LogP contribution < -0.4 is 11.1 Å². The molecule has 8 heteroatoms. The van der Waals surface area contributed by atoms with Crippen LogP contribution in [0.3, 0.4) is 0 Å². The second-order valence-corrected chi connectivity index (χ2v) is 4.19. The van der Waals surface area contributed by atoms with E-state index in [1.54, 1.807) is 18.2 Å². The zero-order valence-electron chi connectivity index (χ0n) is 8.28. The minimum Gasteiger partial charge on any atom is -0.368 e. The second kappa shape index (κ2) is 4.91. The smallest absolute Gasteiger partial charge is 0.233 e. The SMILES string of the molecule is Nc1nc(Cl)nc(Nc2ccc(Cl)c(Cl)c2)n1. The van der Waals surface area contributed by atoms with Crippen molar-refractivity contribution in [3.8, 4) is 0 Å². The zero-order valence-corrected chi connectivity index (χ0v) is 10.6. The predicted molar refractivity (Wildman–Crippen MR) is 69.0 cm³/mol. The fourth-order valence-corrected chi connectivity index (χ4v) is 1.59. The van der Waals surface area contributed by atoms with E-state index in [1.807, 2.05) is 0 Å². The molecule has 0 unspecified atom stereocenters. The zero-order chi connectivity index (χ0) is 12.4. The Labute approximate surface area is 112 Å². The first-order chi connectivity index (χ1) is 8.04. The van der Waals surface area contributed by atoms with Gasteiger partial charge in [-0.05, 0) is 29.8 Å². The molecular weight excluding hydrogens is 284 g/mol. The summed E-state index contributed by atoms with van der Waals surface area (Å²) in [5.74, 6) is 0.272. The Morgan fingerprint density at radius 2 is 1.76 bits per heavy atom. The van der Waals surface area contributed by atoms with Crippen LogP contribution in [0, 0.1) is 0 Å². The Bertz CT molecular complexity index is 540. The topological polar surface area (TPSA) is 76.7 Å². The summed E-state index contributed by atoms with van der Waals surface area (Å²) >= 11 is 17.3. The highest BCUT2D eigenvalue weighted by molar-refractivity contribution is 6.42. The van der Waals surface area contributed by atoms with Crippen molar-refractivity contribution in [2.45, 2.75) is 0 Å². The molecule has 0 radical (unpaired) electrons. The van der Waals surface area contributed by atoms with Gasteiger partial charge in [0.1, 0.15) is 0 Å². The van der Waals surface area contributed by atoms with Crippen LogP contribution in [0.15, 0.2) is 18.2 Å². The van der Waals surface area contributed by atoms with Crippen LogP contribution in [0.1, 0.15) is 0 Å². The Hall–Kier alpha value is -1.30. The van der Waals surface area contributed by atoms with Crippen molar-refractivity contribution in [1.29, 1.82) is 0 Å². The maximum atomic E-state index is 5.87. The molecule has 2 rings (SSSR count). The highest BCUT2D eigenvalue weighted by Gasteiger charge is 2.04. The molecule has 88 valence electrons. The molecule has 3 N–H and O–H groups in total. The number of aromatic nitrogens is 3. The predicted octanol–water partition coefficient (Wildman–Crippen LogP) is 3.16. The van der Waals surface area contributed by atoms with Crippen LogP contribution in [0.2, 0.25) is 15.3 Å². The van der Waals surface area contributed by atoms with Gasteiger partial charge in [-0.25, -0.2) is 0 Å². The van der Waals surface area contributed by atoms with Gasteiger partial charge in [-0.3, -0.25) is 0 Å². The third-order valence-electron chi connectivity index (χ3n) is 1.80. The van der Waals surface area contributed by atoms with Gasteiger partial charge in [-0.1, -0.05) is 23.2 Å². The Morgan fingerprint density at radius 1 is 1.00 bits per heavy atom. The third kappa shape index (κ3) is 3.09. The van der Waals surface area contributed by atoms with Crippen LogP contribution in [-0.2, 0) is 0 Å². The number of nitrogens with two attached hydrogens (primary N) is 1. The van der Waals surface area contributed by atoms with E-state index in [0.29, 0.717) is 15.7 Å². The molecule has 1 heterocycles. The summed E-state index contributed by atoms with van der Waals surface area (Å²) in [4.78, 5) is 11.4. The van der Waals surface area contributed by atoms with Gasteiger partial charge in [-0.15, -0.1) is 0 Å². The lowest BCUT2D eigenvalue weighted by atomic mass is 10.3. The molecule has 17 heavy (non-hydrogen) atoms. The largest absolute Gasteiger partial charge is 0.368 e. The van der Waals surface area contributed by atoms with Crippen molar-refractivity contribution in [2.75, 3.05) is 11.1 Å². The monoisotopic (exact) mass is 289 g/mol. The van der Waals surface area contributed by atoms with E-state index in [9.17, 15) is 0 Å². The van der Waals surface area contributed by atoms with E-state index < -0.39 is 0 Å². The molecule has 0 aliphatic heterocycles. The summed E-state index contributed by atoms with van der Waals surface area (Å²) in [5.41, 5.74) is 6.10. The summed E-state index contributed by atoms with van der Waals surface area (Å²) in [6, 6.07) is 5.01. The molecule has 0 bridgehead atoms. The number of nitrogens with one attached hydrogen (secondary N) is 1. The number of nitrogen functional groups attached to an aromatic ring is 1. The molecule has 1 aromatic carbocycles. The number of rotatable bonds is 2. The maximum Gasteiger partial charge on any atom is 0.233 e. The fraction of sp³-hybridized carbons (Fsp3) is 0. The summed E-state index contributed by atoms with van der Waals surface area (Å²) in [7, 11) is 0. The standard InChI is InChI=1S/C9H6Cl3N5/c10-5-2-1-4(3-6(5)11)14-9-16-7(12)15-8(13)17-9/h1-3H,(H3,13,14,15,16,17). The van der Waals surface area contributed by atoms with Crippen LogP contribution in [0.25, 0.3) is 0 Å². The van der Waals surface area contributed by atoms with Crippen molar-refractivity contribution < 1.29 is 0 Å². The second-order valence-electron chi connectivity index (χ2n) is 3.04. The minimum absolute atomic E-state index is 0.0139. The third-order valence-corrected chi connectivity index (χ3v) is 2.71. The lowest BCUT2D eigenvalue weighted by Gasteiger charge is -2.06. The number of anilines is 3. The van der Waals surface area contributed by atoms with Gasteiger partial charge in [0.05, 0.1) is 10.0 Å². The Morgan fingerprint density at radius 3 is 2.41 bits per heavy atom. The molecule has 2 aromatic rings. The molecular formula is C9H6Cl3N5. The van der Waals surface area contributed by atoms with Gasteiger partial charge < -0.3 is 11.1 Å². The average molecular weight is 291 g/mol. The lowest BCUT2D eigenvalue weighted by Crippen LogP contribution is -2.03. The highest BCUT2D eigenvalue weighted by atomic mass is 35.5. The molecule has 5 nitrogen and oxygen atoms in total.